The standard InChI is InChI=1S/C24H32N2O5S/c1-15-11-17(3)23(18(4)12-15)32(28,29)26-9-7-19(8-10-26)24(27)25-20-14-22(31-6)21(30-5)13-16(20)2/h11-14,19H,7-10H2,1-6H3,(H,25,27). The number of anilines is 1. The molecule has 1 aliphatic rings. The Balaban J connectivity index is 1.70. The minimum Gasteiger partial charge on any atom is -0.493 e. The van der Waals surface area contributed by atoms with Crippen molar-refractivity contribution in [1.82, 2.24) is 4.31 Å². The van der Waals surface area contributed by atoms with E-state index in [-0.39, 0.29) is 11.8 Å². The zero-order valence-corrected chi connectivity index (χ0v) is 20.4. The maximum atomic E-state index is 13.3. The molecule has 0 radical (unpaired) electrons. The number of nitrogens with zero attached hydrogens (tertiary/aromatic N) is 1. The number of methoxy groups -OCH3 is 2. The van der Waals surface area contributed by atoms with Crippen LogP contribution < -0.4 is 14.8 Å². The summed E-state index contributed by atoms with van der Waals surface area (Å²) in [7, 11) is -0.486. The third-order valence-corrected chi connectivity index (χ3v) is 8.22. The highest BCUT2D eigenvalue weighted by molar-refractivity contribution is 7.89. The average molecular weight is 461 g/mol. The number of aryl methyl sites for hydroxylation is 4. The molecular formula is C24H32N2O5S. The Bertz CT molecular complexity index is 1100. The van der Waals surface area contributed by atoms with Crippen LogP contribution in [0.2, 0.25) is 0 Å². The van der Waals surface area contributed by atoms with Gasteiger partial charge in [0.2, 0.25) is 15.9 Å². The van der Waals surface area contributed by atoms with Crippen molar-refractivity contribution < 1.29 is 22.7 Å². The predicted octanol–water partition coefficient (Wildman–Crippen LogP) is 3.98. The van der Waals surface area contributed by atoms with Crippen LogP contribution in [0.25, 0.3) is 0 Å². The molecule has 174 valence electrons. The van der Waals surface area contributed by atoms with Crippen molar-refractivity contribution in [3.8, 4) is 11.5 Å². The number of sulfonamides is 1. The smallest absolute Gasteiger partial charge is 0.243 e. The first-order valence-corrected chi connectivity index (χ1v) is 12.1. The molecule has 1 N–H and O–H groups in total. The molecule has 0 unspecified atom stereocenters. The van der Waals surface area contributed by atoms with Crippen LogP contribution in [-0.4, -0.2) is 45.9 Å². The van der Waals surface area contributed by atoms with Gasteiger partial charge in [0.05, 0.1) is 19.1 Å². The highest BCUT2D eigenvalue weighted by Gasteiger charge is 2.34. The number of piperidine rings is 1. The van der Waals surface area contributed by atoms with Crippen molar-refractivity contribution in [2.75, 3.05) is 32.6 Å². The molecule has 0 saturated carbocycles. The first-order valence-electron chi connectivity index (χ1n) is 10.7. The van der Waals surface area contributed by atoms with Crippen LogP contribution in [0.4, 0.5) is 5.69 Å². The molecule has 1 saturated heterocycles. The molecule has 1 heterocycles. The summed E-state index contributed by atoms with van der Waals surface area (Å²) in [5.41, 5.74) is 4.08. The molecule has 3 rings (SSSR count). The number of nitrogens with one attached hydrogen (secondary N) is 1. The van der Waals surface area contributed by atoms with Crippen LogP contribution in [0.1, 0.15) is 35.1 Å². The summed E-state index contributed by atoms with van der Waals surface area (Å²) < 4.78 is 38.7. The SMILES string of the molecule is COc1cc(C)c(NC(=O)C2CCN(S(=O)(=O)c3c(C)cc(C)cc3C)CC2)cc1OC. The largest absolute Gasteiger partial charge is 0.493 e. The van der Waals surface area contributed by atoms with Crippen molar-refractivity contribution in [3.05, 3.63) is 46.5 Å². The van der Waals surface area contributed by atoms with Gasteiger partial charge in [0.25, 0.3) is 0 Å². The zero-order valence-electron chi connectivity index (χ0n) is 19.6. The normalized spacial score (nSPS) is 15.4. The Morgan fingerprint density at radius 2 is 1.44 bits per heavy atom. The first-order chi connectivity index (χ1) is 15.1. The van der Waals surface area contributed by atoms with Gasteiger partial charge in [0.15, 0.2) is 11.5 Å². The molecule has 0 aromatic heterocycles. The minimum atomic E-state index is -3.60. The van der Waals surface area contributed by atoms with Crippen LogP contribution in [0, 0.1) is 33.6 Å². The van der Waals surface area contributed by atoms with E-state index in [9.17, 15) is 13.2 Å². The molecule has 7 nitrogen and oxygen atoms in total. The third kappa shape index (κ3) is 4.76. The second kappa shape index (κ2) is 9.50. The minimum absolute atomic E-state index is 0.111. The number of hydrogen-bond acceptors (Lipinski definition) is 5. The number of ether oxygens (including phenoxy) is 2. The van der Waals surface area contributed by atoms with Crippen molar-refractivity contribution in [1.29, 1.82) is 0 Å². The van der Waals surface area contributed by atoms with E-state index in [4.69, 9.17) is 9.47 Å². The highest BCUT2D eigenvalue weighted by Crippen LogP contribution is 2.34. The predicted molar refractivity (Wildman–Crippen MR) is 125 cm³/mol. The summed E-state index contributed by atoms with van der Waals surface area (Å²) in [5.74, 6) is 0.774. The van der Waals surface area contributed by atoms with Gasteiger partial charge in [-0.15, -0.1) is 0 Å². The Kier molecular flexibility index (Phi) is 7.15. The lowest BCUT2D eigenvalue weighted by atomic mass is 9.97. The summed E-state index contributed by atoms with van der Waals surface area (Å²) in [6, 6.07) is 7.35. The van der Waals surface area contributed by atoms with Gasteiger partial charge in [0.1, 0.15) is 0 Å². The molecule has 1 aliphatic heterocycles. The second-order valence-electron chi connectivity index (χ2n) is 8.42. The first kappa shape index (κ1) is 24.1. The molecule has 8 heteroatoms. The van der Waals surface area contributed by atoms with Gasteiger partial charge in [0, 0.05) is 30.8 Å². The van der Waals surface area contributed by atoms with E-state index >= 15 is 0 Å². The summed E-state index contributed by atoms with van der Waals surface area (Å²) in [6.07, 6.45) is 0.947. The molecular weight excluding hydrogens is 428 g/mol. The Morgan fingerprint density at radius 1 is 0.906 bits per heavy atom. The Hall–Kier alpha value is -2.58. The number of carbonyl (C=O) groups excluding carboxylic acids is 1. The highest BCUT2D eigenvalue weighted by atomic mass is 32.2. The molecule has 0 aliphatic carbocycles. The lowest BCUT2D eigenvalue weighted by Crippen LogP contribution is -2.41. The van der Waals surface area contributed by atoms with Gasteiger partial charge in [-0.05, 0) is 63.3 Å². The van der Waals surface area contributed by atoms with Crippen LogP contribution >= 0.6 is 0 Å². The lowest BCUT2D eigenvalue weighted by molar-refractivity contribution is -0.120. The number of hydrogen-bond donors (Lipinski definition) is 1. The van der Waals surface area contributed by atoms with Gasteiger partial charge in [-0.3, -0.25) is 4.79 Å². The van der Waals surface area contributed by atoms with E-state index in [1.54, 1.807) is 20.3 Å². The zero-order chi connectivity index (χ0) is 23.6. The molecule has 1 fully saturated rings. The van der Waals surface area contributed by atoms with E-state index in [0.29, 0.717) is 48.0 Å². The average Bonchev–Trinajstić information content (AvgIpc) is 2.73. The van der Waals surface area contributed by atoms with Crippen LogP contribution in [-0.2, 0) is 14.8 Å². The quantitative estimate of drug-likeness (QED) is 0.705. The van der Waals surface area contributed by atoms with Gasteiger partial charge < -0.3 is 14.8 Å². The van der Waals surface area contributed by atoms with Crippen molar-refractivity contribution >= 4 is 21.6 Å². The van der Waals surface area contributed by atoms with E-state index in [2.05, 4.69) is 5.32 Å². The number of rotatable bonds is 6. The fraction of sp³-hybridized carbons (Fsp3) is 0.458. The molecule has 0 atom stereocenters. The maximum Gasteiger partial charge on any atom is 0.243 e. The van der Waals surface area contributed by atoms with E-state index in [1.807, 2.05) is 45.9 Å². The van der Waals surface area contributed by atoms with Crippen LogP contribution in [0.3, 0.4) is 0 Å². The van der Waals surface area contributed by atoms with Crippen LogP contribution in [0.5, 0.6) is 11.5 Å². The molecule has 2 aromatic carbocycles. The Labute approximate surface area is 190 Å². The third-order valence-electron chi connectivity index (χ3n) is 6.02. The van der Waals surface area contributed by atoms with Gasteiger partial charge in [-0.2, -0.15) is 4.31 Å². The monoisotopic (exact) mass is 460 g/mol. The summed E-state index contributed by atoms with van der Waals surface area (Å²) in [4.78, 5) is 13.3. The second-order valence-corrected chi connectivity index (χ2v) is 10.3. The Morgan fingerprint density at radius 3 is 1.97 bits per heavy atom. The summed E-state index contributed by atoms with van der Waals surface area (Å²) in [5, 5.41) is 2.97. The van der Waals surface area contributed by atoms with E-state index in [0.717, 1.165) is 22.3 Å². The van der Waals surface area contributed by atoms with Crippen molar-refractivity contribution in [3.63, 3.8) is 0 Å². The van der Waals surface area contributed by atoms with E-state index in [1.165, 1.54) is 4.31 Å². The van der Waals surface area contributed by atoms with E-state index < -0.39 is 10.0 Å². The number of amides is 1. The number of carbonyl (C=O) groups is 1. The maximum absolute atomic E-state index is 13.3. The molecule has 2 aromatic rings. The molecule has 0 spiro atoms. The number of benzene rings is 2. The fourth-order valence-electron chi connectivity index (χ4n) is 4.41. The molecule has 1 amide bonds. The van der Waals surface area contributed by atoms with Gasteiger partial charge in [-0.25, -0.2) is 8.42 Å². The summed E-state index contributed by atoms with van der Waals surface area (Å²) >= 11 is 0. The molecule has 0 bridgehead atoms. The summed E-state index contributed by atoms with van der Waals surface area (Å²) in [6.45, 7) is 8.15. The molecule has 32 heavy (non-hydrogen) atoms. The van der Waals surface area contributed by atoms with Gasteiger partial charge >= 0.3 is 0 Å². The van der Waals surface area contributed by atoms with Crippen LogP contribution in [0.15, 0.2) is 29.2 Å². The van der Waals surface area contributed by atoms with Gasteiger partial charge in [-0.1, -0.05) is 17.7 Å². The lowest BCUT2D eigenvalue weighted by Gasteiger charge is -2.31. The topological polar surface area (TPSA) is 84.9 Å². The fourth-order valence-corrected chi connectivity index (χ4v) is 6.29. The van der Waals surface area contributed by atoms with Crippen molar-refractivity contribution in [2.45, 2.75) is 45.4 Å². The van der Waals surface area contributed by atoms with Crippen molar-refractivity contribution in [2.24, 2.45) is 5.92 Å².